The van der Waals surface area contributed by atoms with Gasteiger partial charge in [-0.3, -0.25) is 4.98 Å². The van der Waals surface area contributed by atoms with Crippen molar-refractivity contribution >= 4 is 26.0 Å². The van der Waals surface area contributed by atoms with Gasteiger partial charge < -0.3 is 4.57 Å². The molecule has 0 aromatic carbocycles. The summed E-state index contributed by atoms with van der Waals surface area (Å²) in [4.78, 5) is 8.11. The van der Waals surface area contributed by atoms with Crippen molar-refractivity contribution in [3.63, 3.8) is 0 Å². The number of rotatable bonds is 5. The second kappa shape index (κ2) is 5.81. The summed E-state index contributed by atoms with van der Waals surface area (Å²) in [6.07, 6.45) is 6.88. The van der Waals surface area contributed by atoms with Gasteiger partial charge in [-0.2, -0.15) is 0 Å². The molecule has 0 saturated heterocycles. The minimum atomic E-state index is -3.53. The topological polar surface area (TPSA) is 76.9 Å². The molecule has 2 heterocycles. The summed E-state index contributed by atoms with van der Waals surface area (Å²) < 4.78 is 29.0. The third kappa shape index (κ3) is 3.62. The van der Waals surface area contributed by atoms with Gasteiger partial charge in [0.05, 0.1) is 0 Å². The van der Waals surface area contributed by atoms with Crippen molar-refractivity contribution in [2.75, 3.05) is 6.54 Å². The van der Waals surface area contributed by atoms with Crippen LogP contribution < -0.4 is 4.72 Å². The Balaban J connectivity index is 2.01. The number of aryl methyl sites for hydroxylation is 1. The summed E-state index contributed by atoms with van der Waals surface area (Å²) >= 11 is 3.20. The van der Waals surface area contributed by atoms with Crippen molar-refractivity contribution < 1.29 is 8.42 Å². The Bertz CT molecular complexity index is 669. The van der Waals surface area contributed by atoms with Crippen LogP contribution in [0.4, 0.5) is 0 Å². The summed E-state index contributed by atoms with van der Waals surface area (Å²) in [5, 5.41) is 0. The molecule has 6 nitrogen and oxygen atoms in total. The molecule has 1 N–H and O–H groups in total. The van der Waals surface area contributed by atoms with E-state index in [1.807, 2.05) is 17.8 Å². The van der Waals surface area contributed by atoms with Gasteiger partial charge >= 0.3 is 0 Å². The van der Waals surface area contributed by atoms with Crippen molar-refractivity contribution in [2.45, 2.75) is 11.3 Å². The molecule has 0 unspecified atom stereocenters. The van der Waals surface area contributed by atoms with Crippen molar-refractivity contribution in [1.82, 2.24) is 19.3 Å². The molecule has 8 heteroatoms. The normalized spacial score (nSPS) is 11.7. The Hall–Kier alpha value is -1.25. The average Bonchev–Trinajstić information content (AvgIpc) is 2.75. The number of sulfonamides is 1. The number of aromatic nitrogens is 3. The van der Waals surface area contributed by atoms with Crippen LogP contribution in [0.2, 0.25) is 0 Å². The van der Waals surface area contributed by atoms with E-state index in [0.29, 0.717) is 17.4 Å². The van der Waals surface area contributed by atoms with E-state index < -0.39 is 10.0 Å². The molecular formula is C11H13BrN4O2S. The molecule has 0 aliphatic rings. The van der Waals surface area contributed by atoms with Gasteiger partial charge in [0.2, 0.25) is 10.0 Å². The largest absolute Gasteiger partial charge is 0.338 e. The van der Waals surface area contributed by atoms with Crippen LogP contribution in [0.15, 0.2) is 40.2 Å². The Morgan fingerprint density at radius 3 is 2.84 bits per heavy atom. The monoisotopic (exact) mass is 344 g/mol. The maximum absolute atomic E-state index is 12.0. The summed E-state index contributed by atoms with van der Waals surface area (Å²) in [6, 6.07) is 1.51. The summed E-state index contributed by atoms with van der Waals surface area (Å²) in [7, 11) is -1.66. The molecule has 19 heavy (non-hydrogen) atoms. The Morgan fingerprint density at radius 1 is 1.42 bits per heavy atom. The van der Waals surface area contributed by atoms with E-state index in [1.165, 1.54) is 18.5 Å². The van der Waals surface area contributed by atoms with Crippen molar-refractivity contribution in [3.8, 4) is 0 Å². The standard InChI is InChI=1S/C11H13BrN4O2S/c1-16-5-4-14-11(16)2-3-15-19(17,18)10-6-9(12)7-13-8-10/h4-8,15H,2-3H2,1H3. The zero-order valence-corrected chi connectivity index (χ0v) is 12.6. The first-order valence-electron chi connectivity index (χ1n) is 5.55. The highest BCUT2D eigenvalue weighted by Crippen LogP contribution is 2.13. The van der Waals surface area contributed by atoms with E-state index in [1.54, 1.807) is 6.20 Å². The van der Waals surface area contributed by atoms with Gasteiger partial charge in [0.15, 0.2) is 0 Å². The third-order valence-corrected chi connectivity index (χ3v) is 4.41. The van der Waals surface area contributed by atoms with Gasteiger partial charge in [0.1, 0.15) is 10.7 Å². The minimum Gasteiger partial charge on any atom is -0.338 e. The number of nitrogens with one attached hydrogen (secondary N) is 1. The van der Waals surface area contributed by atoms with Crippen LogP contribution in [0, 0.1) is 0 Å². The Morgan fingerprint density at radius 2 is 2.21 bits per heavy atom. The third-order valence-electron chi connectivity index (χ3n) is 2.55. The molecule has 2 rings (SSSR count). The lowest BCUT2D eigenvalue weighted by Crippen LogP contribution is -2.26. The number of imidazole rings is 1. The van der Waals surface area contributed by atoms with Gasteiger partial charge in [-0.05, 0) is 22.0 Å². The van der Waals surface area contributed by atoms with Gasteiger partial charge in [-0.1, -0.05) is 0 Å². The molecule has 2 aromatic heterocycles. The lowest BCUT2D eigenvalue weighted by Gasteiger charge is -2.06. The van der Waals surface area contributed by atoms with E-state index in [0.717, 1.165) is 5.82 Å². The van der Waals surface area contributed by atoms with Gasteiger partial charge in [-0.25, -0.2) is 18.1 Å². The minimum absolute atomic E-state index is 0.140. The zero-order chi connectivity index (χ0) is 13.9. The van der Waals surface area contributed by atoms with Crippen LogP contribution in [-0.4, -0.2) is 29.5 Å². The van der Waals surface area contributed by atoms with Gasteiger partial charge in [0.25, 0.3) is 0 Å². The highest BCUT2D eigenvalue weighted by atomic mass is 79.9. The van der Waals surface area contributed by atoms with Crippen LogP contribution in [0.25, 0.3) is 0 Å². The first-order valence-corrected chi connectivity index (χ1v) is 7.83. The molecule has 0 amide bonds. The van der Waals surface area contributed by atoms with Crippen LogP contribution in [-0.2, 0) is 23.5 Å². The summed E-state index contributed by atoms with van der Waals surface area (Å²) in [6.45, 7) is 0.291. The van der Waals surface area contributed by atoms with Crippen LogP contribution in [0.5, 0.6) is 0 Å². The smallest absolute Gasteiger partial charge is 0.242 e. The molecule has 0 saturated carbocycles. The Kier molecular flexibility index (Phi) is 4.33. The van der Waals surface area contributed by atoms with Crippen LogP contribution in [0.3, 0.4) is 0 Å². The Labute approximate surface area is 120 Å². The molecule has 0 radical (unpaired) electrons. The zero-order valence-electron chi connectivity index (χ0n) is 10.2. The van der Waals surface area contributed by atoms with Crippen molar-refractivity contribution in [2.24, 2.45) is 7.05 Å². The number of hydrogen-bond acceptors (Lipinski definition) is 4. The maximum Gasteiger partial charge on any atom is 0.242 e. The fraction of sp³-hybridized carbons (Fsp3) is 0.273. The lowest BCUT2D eigenvalue weighted by molar-refractivity contribution is 0.579. The first-order chi connectivity index (χ1) is 8.99. The summed E-state index contributed by atoms with van der Waals surface area (Å²) in [5.41, 5.74) is 0. The first kappa shape index (κ1) is 14.2. The predicted molar refractivity (Wildman–Crippen MR) is 74.0 cm³/mol. The molecule has 0 spiro atoms. The van der Waals surface area contributed by atoms with E-state index in [-0.39, 0.29) is 4.90 Å². The van der Waals surface area contributed by atoms with Crippen molar-refractivity contribution in [3.05, 3.63) is 41.2 Å². The molecular weight excluding hydrogens is 332 g/mol. The second-order valence-corrected chi connectivity index (χ2v) is 6.62. The summed E-state index contributed by atoms with van der Waals surface area (Å²) in [5.74, 6) is 0.829. The number of pyridine rings is 1. The van der Waals surface area contributed by atoms with E-state index in [9.17, 15) is 8.42 Å². The number of nitrogens with zero attached hydrogens (tertiary/aromatic N) is 3. The fourth-order valence-electron chi connectivity index (χ4n) is 1.56. The lowest BCUT2D eigenvalue weighted by atomic mass is 10.4. The highest BCUT2D eigenvalue weighted by molar-refractivity contribution is 9.10. The maximum atomic E-state index is 12.0. The van der Waals surface area contributed by atoms with Crippen molar-refractivity contribution in [1.29, 1.82) is 0 Å². The number of hydrogen-bond donors (Lipinski definition) is 1. The molecule has 102 valence electrons. The molecule has 0 aliphatic carbocycles. The SMILES string of the molecule is Cn1ccnc1CCNS(=O)(=O)c1cncc(Br)c1. The van der Waals surface area contributed by atoms with Gasteiger partial charge in [0, 0.05) is 49.3 Å². The molecule has 0 atom stereocenters. The second-order valence-electron chi connectivity index (χ2n) is 3.94. The highest BCUT2D eigenvalue weighted by Gasteiger charge is 2.14. The van der Waals surface area contributed by atoms with E-state index in [2.05, 4.69) is 30.6 Å². The van der Waals surface area contributed by atoms with Crippen LogP contribution in [0.1, 0.15) is 5.82 Å². The molecule has 0 fully saturated rings. The molecule has 2 aromatic rings. The van der Waals surface area contributed by atoms with E-state index >= 15 is 0 Å². The quantitative estimate of drug-likeness (QED) is 0.880. The van der Waals surface area contributed by atoms with Gasteiger partial charge in [-0.15, -0.1) is 0 Å². The van der Waals surface area contributed by atoms with E-state index in [4.69, 9.17) is 0 Å². The fourth-order valence-corrected chi connectivity index (χ4v) is 3.09. The predicted octanol–water partition coefficient (Wildman–Crippen LogP) is 1.10. The number of halogens is 1. The average molecular weight is 345 g/mol. The molecule has 0 aliphatic heterocycles. The molecule has 0 bridgehead atoms. The van der Waals surface area contributed by atoms with Crippen LogP contribution >= 0.6 is 15.9 Å².